The predicted octanol–water partition coefficient (Wildman–Crippen LogP) is 2.55. The summed E-state index contributed by atoms with van der Waals surface area (Å²) in [5.41, 5.74) is 0.850. The maximum absolute atomic E-state index is 6.05. The van der Waals surface area contributed by atoms with Crippen molar-refractivity contribution in [3.63, 3.8) is 0 Å². The van der Waals surface area contributed by atoms with Crippen LogP contribution in [0, 0.1) is 5.92 Å². The molecule has 9 heteroatoms. The molecule has 2 aliphatic rings. The van der Waals surface area contributed by atoms with E-state index in [2.05, 4.69) is 32.2 Å². The zero-order valence-corrected chi connectivity index (χ0v) is 18.9. The normalized spacial score (nSPS) is 20.4. The monoisotopic (exact) mass is 446 g/mol. The van der Waals surface area contributed by atoms with E-state index in [9.17, 15) is 0 Å². The molecule has 2 aromatic rings. The van der Waals surface area contributed by atoms with E-state index in [-0.39, 0.29) is 0 Å². The second-order valence-electron chi connectivity index (χ2n) is 8.02. The standard InChI is InChI=1S/C22H31ClN6O2/c1-2-24-22(29-9-7-17(16-29)15-28-10-12-30-13-11-28)25-8-6-20-26-21(27-31-20)18-4-3-5-19(23)14-18/h3-5,14,17H,2,6-13,15-16H2,1H3,(H,24,25). The molecular formula is C22H31ClN6O2. The van der Waals surface area contributed by atoms with Crippen LogP contribution in [0.5, 0.6) is 0 Å². The maximum atomic E-state index is 6.05. The Bertz CT molecular complexity index is 867. The molecule has 4 rings (SSSR count). The summed E-state index contributed by atoms with van der Waals surface area (Å²) in [5, 5.41) is 8.16. The van der Waals surface area contributed by atoms with Crippen LogP contribution in [0.1, 0.15) is 19.2 Å². The summed E-state index contributed by atoms with van der Waals surface area (Å²) < 4.78 is 10.9. The van der Waals surface area contributed by atoms with Gasteiger partial charge in [-0.15, -0.1) is 0 Å². The highest BCUT2D eigenvalue weighted by Crippen LogP contribution is 2.20. The number of ether oxygens (including phenoxy) is 1. The fraction of sp³-hybridized carbons (Fsp3) is 0.591. The minimum Gasteiger partial charge on any atom is -0.379 e. The van der Waals surface area contributed by atoms with Crippen LogP contribution in [-0.4, -0.2) is 84.9 Å². The second-order valence-corrected chi connectivity index (χ2v) is 8.46. The number of rotatable bonds is 7. The summed E-state index contributed by atoms with van der Waals surface area (Å²) in [6, 6.07) is 7.46. The molecule has 1 aromatic carbocycles. The number of likely N-dealkylation sites (tertiary alicyclic amines) is 1. The van der Waals surface area contributed by atoms with Gasteiger partial charge < -0.3 is 19.5 Å². The third-order valence-electron chi connectivity index (χ3n) is 5.68. The molecule has 0 bridgehead atoms. The molecule has 8 nitrogen and oxygen atoms in total. The molecule has 0 amide bonds. The van der Waals surface area contributed by atoms with Gasteiger partial charge in [0.1, 0.15) is 0 Å². The molecule has 1 aromatic heterocycles. The molecule has 168 valence electrons. The molecule has 1 atom stereocenters. The van der Waals surface area contributed by atoms with Gasteiger partial charge in [-0.25, -0.2) is 0 Å². The van der Waals surface area contributed by atoms with Gasteiger partial charge in [-0.05, 0) is 31.4 Å². The number of morpholine rings is 1. The Hall–Kier alpha value is -2.16. The molecule has 2 aliphatic heterocycles. The SMILES string of the molecule is CCNC(=NCCc1nc(-c2cccc(Cl)c2)no1)N1CCC(CN2CCOCC2)C1. The van der Waals surface area contributed by atoms with Gasteiger partial charge in [-0.2, -0.15) is 4.98 Å². The Kier molecular flexibility index (Phi) is 7.77. The molecule has 2 saturated heterocycles. The Morgan fingerprint density at radius 1 is 1.29 bits per heavy atom. The smallest absolute Gasteiger partial charge is 0.228 e. The third kappa shape index (κ3) is 6.18. The highest BCUT2D eigenvalue weighted by atomic mass is 35.5. The van der Waals surface area contributed by atoms with Gasteiger partial charge in [0, 0.05) is 56.3 Å². The lowest BCUT2D eigenvalue weighted by molar-refractivity contribution is 0.0315. The summed E-state index contributed by atoms with van der Waals surface area (Å²) in [5.74, 6) is 2.79. The van der Waals surface area contributed by atoms with Crippen molar-refractivity contribution in [3.05, 3.63) is 35.2 Å². The van der Waals surface area contributed by atoms with Crippen LogP contribution in [0.25, 0.3) is 11.4 Å². The Morgan fingerprint density at radius 2 is 2.16 bits per heavy atom. The van der Waals surface area contributed by atoms with E-state index in [0.717, 1.165) is 64.0 Å². The van der Waals surface area contributed by atoms with E-state index < -0.39 is 0 Å². The lowest BCUT2D eigenvalue weighted by Gasteiger charge is -2.29. The van der Waals surface area contributed by atoms with Gasteiger partial charge in [0.25, 0.3) is 0 Å². The summed E-state index contributed by atoms with van der Waals surface area (Å²) in [6.45, 7) is 10.6. The quantitative estimate of drug-likeness (QED) is 0.517. The van der Waals surface area contributed by atoms with Gasteiger partial charge in [-0.3, -0.25) is 9.89 Å². The lowest BCUT2D eigenvalue weighted by Crippen LogP contribution is -2.42. The van der Waals surface area contributed by atoms with Gasteiger partial charge >= 0.3 is 0 Å². The number of aliphatic imine (C=N–C) groups is 1. The molecular weight excluding hydrogens is 416 g/mol. The first-order valence-corrected chi connectivity index (χ1v) is 11.5. The number of hydrogen-bond donors (Lipinski definition) is 1. The van der Waals surface area contributed by atoms with Crippen molar-refractivity contribution in [1.29, 1.82) is 0 Å². The van der Waals surface area contributed by atoms with E-state index in [4.69, 9.17) is 25.9 Å². The van der Waals surface area contributed by atoms with Crippen LogP contribution >= 0.6 is 11.6 Å². The van der Waals surface area contributed by atoms with Crippen molar-refractivity contribution in [2.45, 2.75) is 19.8 Å². The van der Waals surface area contributed by atoms with Gasteiger partial charge in [0.2, 0.25) is 11.7 Å². The van der Waals surface area contributed by atoms with Crippen LogP contribution < -0.4 is 5.32 Å². The van der Waals surface area contributed by atoms with Crippen LogP contribution in [-0.2, 0) is 11.2 Å². The number of guanidine groups is 1. The van der Waals surface area contributed by atoms with E-state index in [1.165, 1.54) is 6.42 Å². The summed E-state index contributed by atoms with van der Waals surface area (Å²) in [6.07, 6.45) is 1.81. The fourth-order valence-electron chi connectivity index (χ4n) is 4.11. The maximum Gasteiger partial charge on any atom is 0.228 e. The molecule has 31 heavy (non-hydrogen) atoms. The highest BCUT2D eigenvalue weighted by molar-refractivity contribution is 6.30. The zero-order valence-electron chi connectivity index (χ0n) is 18.1. The molecule has 0 saturated carbocycles. The predicted molar refractivity (Wildman–Crippen MR) is 121 cm³/mol. The van der Waals surface area contributed by atoms with Gasteiger partial charge in [0.05, 0.1) is 19.8 Å². The Morgan fingerprint density at radius 3 is 2.97 bits per heavy atom. The molecule has 1 N–H and O–H groups in total. The topological polar surface area (TPSA) is 79.0 Å². The first-order valence-electron chi connectivity index (χ1n) is 11.1. The van der Waals surface area contributed by atoms with Crippen LogP contribution in [0.3, 0.4) is 0 Å². The fourth-order valence-corrected chi connectivity index (χ4v) is 4.30. The van der Waals surface area contributed by atoms with Crippen molar-refractivity contribution in [1.82, 2.24) is 25.3 Å². The number of halogens is 1. The van der Waals surface area contributed by atoms with E-state index in [1.54, 1.807) is 0 Å². The summed E-state index contributed by atoms with van der Waals surface area (Å²) in [7, 11) is 0. The van der Waals surface area contributed by atoms with Crippen LogP contribution in [0.2, 0.25) is 5.02 Å². The average molecular weight is 447 g/mol. The van der Waals surface area contributed by atoms with Crippen molar-refractivity contribution in [3.8, 4) is 11.4 Å². The van der Waals surface area contributed by atoms with E-state index in [0.29, 0.717) is 35.6 Å². The number of nitrogens with zero attached hydrogens (tertiary/aromatic N) is 5. The minimum atomic E-state index is 0.555. The molecule has 2 fully saturated rings. The molecule has 0 radical (unpaired) electrons. The van der Waals surface area contributed by atoms with Crippen molar-refractivity contribution in [2.24, 2.45) is 10.9 Å². The molecule has 0 aliphatic carbocycles. The second kappa shape index (κ2) is 10.9. The largest absolute Gasteiger partial charge is 0.379 e. The molecule has 0 spiro atoms. The number of hydrogen-bond acceptors (Lipinski definition) is 6. The van der Waals surface area contributed by atoms with E-state index in [1.807, 2.05) is 24.3 Å². The van der Waals surface area contributed by atoms with Gasteiger partial charge in [-0.1, -0.05) is 28.9 Å². The first-order chi connectivity index (χ1) is 15.2. The van der Waals surface area contributed by atoms with Crippen molar-refractivity contribution < 1.29 is 9.26 Å². The molecule has 3 heterocycles. The van der Waals surface area contributed by atoms with Gasteiger partial charge in [0.15, 0.2) is 5.96 Å². The molecule has 1 unspecified atom stereocenters. The van der Waals surface area contributed by atoms with E-state index >= 15 is 0 Å². The summed E-state index contributed by atoms with van der Waals surface area (Å²) >= 11 is 6.05. The van der Waals surface area contributed by atoms with Crippen LogP contribution in [0.4, 0.5) is 0 Å². The van der Waals surface area contributed by atoms with Crippen molar-refractivity contribution >= 4 is 17.6 Å². The third-order valence-corrected chi connectivity index (χ3v) is 5.91. The van der Waals surface area contributed by atoms with Crippen molar-refractivity contribution in [2.75, 3.05) is 59.0 Å². The Balaban J connectivity index is 1.30. The highest BCUT2D eigenvalue weighted by Gasteiger charge is 2.27. The van der Waals surface area contributed by atoms with Crippen LogP contribution in [0.15, 0.2) is 33.8 Å². The number of nitrogens with one attached hydrogen (secondary N) is 1. The first kappa shape index (κ1) is 22.0. The zero-order chi connectivity index (χ0) is 21.5. The summed E-state index contributed by atoms with van der Waals surface area (Å²) in [4.78, 5) is 14.2. The Labute approximate surface area is 188 Å². The minimum absolute atomic E-state index is 0.555. The average Bonchev–Trinajstić information content (AvgIpc) is 3.44. The number of benzene rings is 1. The number of aromatic nitrogens is 2. The lowest BCUT2D eigenvalue weighted by atomic mass is 10.1.